The van der Waals surface area contributed by atoms with Crippen LogP contribution in [0.25, 0.3) is 0 Å². The third kappa shape index (κ3) is 2.59. The summed E-state index contributed by atoms with van der Waals surface area (Å²) >= 11 is 0. The molecule has 0 atom stereocenters. The highest BCUT2D eigenvalue weighted by Crippen LogP contribution is 2.20. The summed E-state index contributed by atoms with van der Waals surface area (Å²) in [6.07, 6.45) is 1.60. The average molecular weight is 237 g/mol. The molecule has 1 aromatic carbocycles. The van der Waals surface area contributed by atoms with Crippen molar-refractivity contribution in [2.24, 2.45) is 0 Å². The van der Waals surface area contributed by atoms with Crippen LogP contribution in [0.1, 0.15) is 11.3 Å². The fourth-order valence-electron chi connectivity index (χ4n) is 1.53. The second kappa shape index (κ2) is 4.92. The monoisotopic (exact) mass is 237 g/mol. The molecular weight excluding hydrogens is 225 g/mol. The lowest BCUT2D eigenvalue weighted by Gasteiger charge is -2.07. The predicted molar refractivity (Wildman–Crippen MR) is 58.0 cm³/mol. The number of aliphatic hydroxyl groups is 1. The van der Waals surface area contributed by atoms with Crippen LogP contribution in [0.4, 0.5) is 4.39 Å². The first-order chi connectivity index (χ1) is 8.22. The highest BCUT2D eigenvalue weighted by atomic mass is 19.1. The Labute approximate surface area is 97.5 Å². The Morgan fingerprint density at radius 2 is 2.29 bits per heavy atom. The van der Waals surface area contributed by atoms with Crippen molar-refractivity contribution >= 4 is 0 Å². The smallest absolute Gasteiger partial charge is 0.124 e. The summed E-state index contributed by atoms with van der Waals surface area (Å²) in [6.45, 7) is 0.175. The van der Waals surface area contributed by atoms with Crippen LogP contribution >= 0.6 is 0 Å². The van der Waals surface area contributed by atoms with Gasteiger partial charge in [-0.1, -0.05) is 5.21 Å². The quantitative estimate of drug-likeness (QED) is 0.860. The number of halogens is 1. The number of aromatic nitrogens is 3. The summed E-state index contributed by atoms with van der Waals surface area (Å²) in [5.41, 5.74) is 1.14. The lowest BCUT2D eigenvalue weighted by molar-refractivity contribution is 0.276. The van der Waals surface area contributed by atoms with Crippen molar-refractivity contribution in [2.45, 2.75) is 13.2 Å². The van der Waals surface area contributed by atoms with Gasteiger partial charge in [0.1, 0.15) is 17.3 Å². The van der Waals surface area contributed by atoms with Crippen LogP contribution in [0.15, 0.2) is 24.4 Å². The molecule has 1 aromatic heterocycles. The topological polar surface area (TPSA) is 60.2 Å². The van der Waals surface area contributed by atoms with Crippen molar-refractivity contribution in [1.29, 1.82) is 0 Å². The predicted octanol–water partition coefficient (Wildman–Crippen LogP) is 0.966. The Kier molecular flexibility index (Phi) is 3.34. The third-order valence-corrected chi connectivity index (χ3v) is 2.32. The fourth-order valence-corrected chi connectivity index (χ4v) is 1.53. The van der Waals surface area contributed by atoms with Crippen molar-refractivity contribution in [2.75, 3.05) is 7.11 Å². The van der Waals surface area contributed by atoms with Gasteiger partial charge in [0.25, 0.3) is 0 Å². The molecule has 5 nitrogen and oxygen atoms in total. The van der Waals surface area contributed by atoms with Crippen LogP contribution in [0, 0.1) is 5.82 Å². The van der Waals surface area contributed by atoms with E-state index in [2.05, 4.69) is 10.3 Å². The minimum atomic E-state index is -0.330. The van der Waals surface area contributed by atoms with E-state index in [4.69, 9.17) is 9.84 Å². The molecule has 0 fully saturated rings. The maximum atomic E-state index is 13.1. The molecule has 0 spiro atoms. The van der Waals surface area contributed by atoms with Crippen molar-refractivity contribution in [3.05, 3.63) is 41.5 Å². The molecule has 0 bridgehead atoms. The summed E-state index contributed by atoms with van der Waals surface area (Å²) in [7, 11) is 1.53. The molecule has 0 radical (unpaired) electrons. The van der Waals surface area contributed by atoms with E-state index in [0.29, 0.717) is 23.6 Å². The summed E-state index contributed by atoms with van der Waals surface area (Å²) < 4.78 is 19.8. The van der Waals surface area contributed by atoms with Crippen LogP contribution in [0.5, 0.6) is 5.75 Å². The van der Waals surface area contributed by atoms with Gasteiger partial charge in [-0.3, -0.25) is 0 Å². The average Bonchev–Trinajstić information content (AvgIpc) is 2.77. The zero-order valence-corrected chi connectivity index (χ0v) is 9.30. The lowest BCUT2D eigenvalue weighted by Crippen LogP contribution is -2.03. The first-order valence-electron chi connectivity index (χ1n) is 5.05. The molecule has 2 rings (SSSR count). The molecule has 17 heavy (non-hydrogen) atoms. The van der Waals surface area contributed by atoms with Gasteiger partial charge in [-0.2, -0.15) is 0 Å². The Balaban J connectivity index is 2.25. The van der Waals surface area contributed by atoms with Gasteiger partial charge >= 0.3 is 0 Å². The van der Waals surface area contributed by atoms with Gasteiger partial charge in [-0.15, -0.1) is 5.10 Å². The molecule has 1 heterocycles. The summed E-state index contributed by atoms with van der Waals surface area (Å²) in [5, 5.41) is 16.4. The van der Waals surface area contributed by atoms with Crippen LogP contribution in [-0.2, 0) is 13.2 Å². The van der Waals surface area contributed by atoms with Gasteiger partial charge < -0.3 is 9.84 Å². The molecule has 0 amide bonds. The van der Waals surface area contributed by atoms with E-state index in [1.807, 2.05) is 0 Å². The summed E-state index contributed by atoms with van der Waals surface area (Å²) in [4.78, 5) is 0. The number of hydrogen-bond acceptors (Lipinski definition) is 4. The minimum absolute atomic E-state index is 0.166. The highest BCUT2D eigenvalue weighted by molar-refractivity contribution is 5.34. The van der Waals surface area contributed by atoms with E-state index in [0.717, 1.165) is 0 Å². The number of ether oxygens (including phenoxy) is 1. The number of hydrogen-bond donors (Lipinski definition) is 1. The molecular formula is C11H12FN3O2. The van der Waals surface area contributed by atoms with Crippen molar-refractivity contribution in [3.63, 3.8) is 0 Å². The van der Waals surface area contributed by atoms with E-state index in [1.54, 1.807) is 12.3 Å². The first kappa shape index (κ1) is 11.5. The molecule has 1 N–H and O–H groups in total. The van der Waals surface area contributed by atoms with Crippen LogP contribution in [0.3, 0.4) is 0 Å². The van der Waals surface area contributed by atoms with Gasteiger partial charge in [0.15, 0.2) is 0 Å². The second-order valence-electron chi connectivity index (χ2n) is 3.52. The highest BCUT2D eigenvalue weighted by Gasteiger charge is 2.07. The molecule has 0 unspecified atom stereocenters. The number of benzene rings is 1. The molecule has 6 heteroatoms. The Hall–Kier alpha value is -1.95. The largest absolute Gasteiger partial charge is 0.496 e. The second-order valence-corrected chi connectivity index (χ2v) is 3.52. The van der Waals surface area contributed by atoms with E-state index in [1.165, 1.54) is 23.9 Å². The number of rotatable bonds is 4. The standard InChI is InChI=1S/C11H12FN3O2/c1-17-11-3-2-9(12)4-8(11)5-15-6-10(7-16)13-14-15/h2-4,6,16H,5,7H2,1H3. The van der Waals surface area contributed by atoms with E-state index in [-0.39, 0.29) is 12.4 Å². The van der Waals surface area contributed by atoms with Crippen molar-refractivity contribution in [3.8, 4) is 5.75 Å². The maximum Gasteiger partial charge on any atom is 0.124 e. The SMILES string of the molecule is COc1ccc(F)cc1Cn1cc(CO)nn1. The zero-order chi connectivity index (χ0) is 12.3. The normalized spacial score (nSPS) is 10.5. The fraction of sp³-hybridized carbons (Fsp3) is 0.273. The number of nitrogens with zero attached hydrogens (tertiary/aromatic N) is 3. The van der Waals surface area contributed by atoms with E-state index >= 15 is 0 Å². The van der Waals surface area contributed by atoms with Gasteiger partial charge in [0, 0.05) is 5.56 Å². The van der Waals surface area contributed by atoms with E-state index < -0.39 is 0 Å². The van der Waals surface area contributed by atoms with Crippen LogP contribution in [0.2, 0.25) is 0 Å². The summed E-state index contributed by atoms with van der Waals surface area (Å²) in [6, 6.07) is 4.29. The summed E-state index contributed by atoms with van der Waals surface area (Å²) in [5.74, 6) is 0.260. The molecule has 0 aliphatic carbocycles. The van der Waals surface area contributed by atoms with Crippen molar-refractivity contribution in [1.82, 2.24) is 15.0 Å². The number of methoxy groups -OCH3 is 1. The van der Waals surface area contributed by atoms with Crippen molar-refractivity contribution < 1.29 is 14.2 Å². The molecule has 0 saturated carbocycles. The Morgan fingerprint density at radius 1 is 1.47 bits per heavy atom. The number of aliphatic hydroxyl groups excluding tert-OH is 1. The van der Waals surface area contributed by atoms with Gasteiger partial charge in [0.2, 0.25) is 0 Å². The molecule has 0 saturated heterocycles. The Morgan fingerprint density at radius 3 is 2.94 bits per heavy atom. The third-order valence-electron chi connectivity index (χ3n) is 2.32. The Bertz CT molecular complexity index is 513. The first-order valence-corrected chi connectivity index (χ1v) is 5.05. The van der Waals surface area contributed by atoms with Gasteiger partial charge in [0.05, 0.1) is 26.5 Å². The zero-order valence-electron chi connectivity index (χ0n) is 9.30. The van der Waals surface area contributed by atoms with Crippen LogP contribution < -0.4 is 4.74 Å². The van der Waals surface area contributed by atoms with Gasteiger partial charge in [-0.05, 0) is 18.2 Å². The van der Waals surface area contributed by atoms with E-state index in [9.17, 15) is 4.39 Å². The lowest BCUT2D eigenvalue weighted by atomic mass is 10.2. The molecule has 0 aliphatic heterocycles. The van der Waals surface area contributed by atoms with Crippen LogP contribution in [-0.4, -0.2) is 27.2 Å². The molecule has 90 valence electrons. The molecule has 0 aliphatic rings. The minimum Gasteiger partial charge on any atom is -0.496 e. The molecule has 2 aromatic rings. The van der Waals surface area contributed by atoms with Gasteiger partial charge in [-0.25, -0.2) is 9.07 Å². The maximum absolute atomic E-state index is 13.1.